The average Bonchev–Trinajstić information content (AvgIpc) is 2.52. The number of carbonyl (C=O) groups is 2. The fraction of sp³-hybridized carbons (Fsp3) is 0.125. The molecule has 0 bridgehead atoms. The zero-order chi connectivity index (χ0) is 16.1. The van der Waals surface area contributed by atoms with Crippen molar-refractivity contribution in [3.05, 3.63) is 64.7 Å². The van der Waals surface area contributed by atoms with Crippen LogP contribution in [0.1, 0.15) is 31.8 Å². The van der Waals surface area contributed by atoms with E-state index in [0.717, 1.165) is 4.31 Å². The standard InChI is InChI=1S/C16H13NO4S/c1-17(2)22(20,21)10-7-8-13-14(9-10)16(19)12-6-4-3-5-11(12)15(13)18/h3-9H,1-2H3. The molecule has 2 aromatic carbocycles. The molecule has 0 N–H and O–H groups in total. The number of hydrogen-bond acceptors (Lipinski definition) is 4. The Kier molecular flexibility index (Phi) is 3.23. The predicted octanol–water partition coefficient (Wildman–Crippen LogP) is 1.71. The van der Waals surface area contributed by atoms with E-state index in [-0.39, 0.29) is 27.6 Å². The van der Waals surface area contributed by atoms with Crippen LogP contribution in [0.2, 0.25) is 0 Å². The van der Waals surface area contributed by atoms with Crippen LogP contribution < -0.4 is 0 Å². The van der Waals surface area contributed by atoms with Gasteiger partial charge in [-0.2, -0.15) is 0 Å². The molecule has 5 nitrogen and oxygen atoms in total. The molecule has 3 rings (SSSR count). The van der Waals surface area contributed by atoms with Gasteiger partial charge in [0.25, 0.3) is 0 Å². The van der Waals surface area contributed by atoms with Crippen molar-refractivity contribution in [3.63, 3.8) is 0 Å². The van der Waals surface area contributed by atoms with E-state index in [4.69, 9.17) is 0 Å². The van der Waals surface area contributed by atoms with Crippen LogP contribution in [0, 0.1) is 0 Å². The van der Waals surface area contributed by atoms with Gasteiger partial charge in [-0.05, 0) is 18.2 Å². The predicted molar refractivity (Wildman–Crippen MR) is 80.6 cm³/mol. The lowest BCUT2D eigenvalue weighted by molar-refractivity contribution is 0.0979. The number of carbonyl (C=O) groups excluding carboxylic acids is 2. The highest BCUT2D eigenvalue weighted by Gasteiger charge is 2.31. The van der Waals surface area contributed by atoms with Crippen LogP contribution in [0.25, 0.3) is 0 Å². The van der Waals surface area contributed by atoms with Gasteiger partial charge in [-0.1, -0.05) is 24.3 Å². The normalized spacial score (nSPS) is 14.0. The molecule has 0 fully saturated rings. The first-order valence-corrected chi connectivity index (χ1v) is 8.03. The Morgan fingerprint density at radius 2 is 1.27 bits per heavy atom. The van der Waals surface area contributed by atoms with Crippen molar-refractivity contribution in [2.45, 2.75) is 4.90 Å². The van der Waals surface area contributed by atoms with Crippen molar-refractivity contribution < 1.29 is 18.0 Å². The minimum Gasteiger partial charge on any atom is -0.289 e. The number of ketones is 2. The second-order valence-corrected chi connectivity index (χ2v) is 7.35. The first-order chi connectivity index (χ1) is 10.3. The maximum atomic E-state index is 12.5. The lowest BCUT2D eigenvalue weighted by Crippen LogP contribution is -2.25. The Labute approximate surface area is 128 Å². The zero-order valence-electron chi connectivity index (χ0n) is 12.0. The molecule has 2 aromatic rings. The molecule has 0 spiro atoms. The number of hydrogen-bond donors (Lipinski definition) is 0. The molecule has 0 aliphatic heterocycles. The summed E-state index contributed by atoms with van der Waals surface area (Å²) >= 11 is 0. The number of nitrogens with zero attached hydrogens (tertiary/aromatic N) is 1. The molecule has 0 saturated carbocycles. The second kappa shape index (κ2) is 4.86. The molecule has 22 heavy (non-hydrogen) atoms. The molecule has 0 saturated heterocycles. The van der Waals surface area contributed by atoms with Gasteiger partial charge >= 0.3 is 0 Å². The SMILES string of the molecule is CN(C)S(=O)(=O)c1ccc2c(c1)C(=O)c1ccccc1C2=O. The Morgan fingerprint density at radius 3 is 1.82 bits per heavy atom. The third kappa shape index (κ3) is 2.00. The molecule has 1 aliphatic rings. The topological polar surface area (TPSA) is 71.5 Å². The van der Waals surface area contributed by atoms with Crippen LogP contribution >= 0.6 is 0 Å². The summed E-state index contributed by atoms with van der Waals surface area (Å²) in [7, 11) is -0.831. The van der Waals surface area contributed by atoms with Crippen LogP contribution in [0.5, 0.6) is 0 Å². The summed E-state index contributed by atoms with van der Waals surface area (Å²) in [6.45, 7) is 0. The number of benzene rings is 2. The molecule has 6 heteroatoms. The molecule has 0 radical (unpaired) electrons. The average molecular weight is 315 g/mol. The van der Waals surface area contributed by atoms with E-state index >= 15 is 0 Å². The summed E-state index contributed by atoms with van der Waals surface area (Å²) in [5, 5.41) is 0. The van der Waals surface area contributed by atoms with Gasteiger partial charge in [0.15, 0.2) is 11.6 Å². The molecule has 0 heterocycles. The summed E-state index contributed by atoms with van der Waals surface area (Å²) in [4.78, 5) is 25.0. The van der Waals surface area contributed by atoms with Crippen molar-refractivity contribution in [2.24, 2.45) is 0 Å². The summed E-state index contributed by atoms with van der Waals surface area (Å²) in [5.74, 6) is -0.597. The zero-order valence-corrected chi connectivity index (χ0v) is 12.8. The Balaban J connectivity index is 2.23. The van der Waals surface area contributed by atoms with Crippen molar-refractivity contribution in [1.29, 1.82) is 0 Å². The van der Waals surface area contributed by atoms with Crippen molar-refractivity contribution in [3.8, 4) is 0 Å². The third-order valence-corrected chi connectivity index (χ3v) is 5.49. The molecule has 0 aromatic heterocycles. The highest BCUT2D eigenvalue weighted by molar-refractivity contribution is 7.89. The fourth-order valence-electron chi connectivity index (χ4n) is 2.45. The van der Waals surface area contributed by atoms with Gasteiger partial charge in [0, 0.05) is 36.3 Å². The van der Waals surface area contributed by atoms with Crippen molar-refractivity contribution >= 4 is 21.6 Å². The monoisotopic (exact) mass is 315 g/mol. The first-order valence-electron chi connectivity index (χ1n) is 6.59. The maximum absolute atomic E-state index is 12.5. The van der Waals surface area contributed by atoms with E-state index in [2.05, 4.69) is 0 Å². The van der Waals surface area contributed by atoms with Gasteiger partial charge in [-0.3, -0.25) is 9.59 Å². The fourth-order valence-corrected chi connectivity index (χ4v) is 3.38. The van der Waals surface area contributed by atoms with Gasteiger partial charge in [0.2, 0.25) is 10.0 Å². The maximum Gasteiger partial charge on any atom is 0.242 e. The highest BCUT2D eigenvalue weighted by atomic mass is 32.2. The number of sulfonamides is 1. The quantitative estimate of drug-likeness (QED) is 0.722. The summed E-state index contributed by atoms with van der Waals surface area (Å²) in [6.07, 6.45) is 0. The Morgan fingerprint density at radius 1 is 0.773 bits per heavy atom. The van der Waals surface area contributed by atoms with Gasteiger partial charge < -0.3 is 0 Å². The number of rotatable bonds is 2. The van der Waals surface area contributed by atoms with Crippen LogP contribution in [-0.2, 0) is 10.0 Å². The van der Waals surface area contributed by atoms with E-state index in [9.17, 15) is 18.0 Å². The van der Waals surface area contributed by atoms with E-state index < -0.39 is 10.0 Å². The minimum atomic E-state index is -3.66. The molecule has 0 unspecified atom stereocenters. The minimum absolute atomic E-state index is 0.00298. The molecular formula is C16H13NO4S. The van der Waals surface area contributed by atoms with Gasteiger partial charge in [0.05, 0.1) is 4.90 Å². The first kappa shape index (κ1) is 14.6. The van der Waals surface area contributed by atoms with Gasteiger partial charge in [-0.15, -0.1) is 0 Å². The van der Waals surface area contributed by atoms with E-state index in [1.807, 2.05) is 0 Å². The largest absolute Gasteiger partial charge is 0.289 e. The third-order valence-electron chi connectivity index (χ3n) is 3.68. The molecule has 1 aliphatic carbocycles. The van der Waals surface area contributed by atoms with Crippen LogP contribution in [0.3, 0.4) is 0 Å². The molecule has 0 amide bonds. The second-order valence-electron chi connectivity index (χ2n) is 5.20. The number of fused-ring (bicyclic) bond motifs is 2. The smallest absolute Gasteiger partial charge is 0.242 e. The van der Waals surface area contributed by atoms with Gasteiger partial charge in [-0.25, -0.2) is 12.7 Å². The Bertz CT molecular complexity index is 913. The van der Waals surface area contributed by atoms with Crippen LogP contribution in [0.15, 0.2) is 47.4 Å². The summed E-state index contributed by atoms with van der Waals surface area (Å²) in [6, 6.07) is 10.6. The summed E-state index contributed by atoms with van der Waals surface area (Å²) < 4.78 is 25.4. The summed E-state index contributed by atoms with van der Waals surface area (Å²) in [5.41, 5.74) is 1.02. The lowest BCUT2D eigenvalue weighted by atomic mass is 9.84. The lowest BCUT2D eigenvalue weighted by Gasteiger charge is -2.19. The molecule has 112 valence electrons. The Hall–Kier alpha value is -2.31. The van der Waals surface area contributed by atoms with E-state index in [0.29, 0.717) is 11.1 Å². The van der Waals surface area contributed by atoms with E-state index in [1.54, 1.807) is 24.3 Å². The van der Waals surface area contributed by atoms with Crippen molar-refractivity contribution in [2.75, 3.05) is 14.1 Å². The van der Waals surface area contributed by atoms with Crippen LogP contribution in [0.4, 0.5) is 0 Å². The highest BCUT2D eigenvalue weighted by Crippen LogP contribution is 2.29. The molecule has 0 atom stereocenters. The van der Waals surface area contributed by atoms with Crippen LogP contribution in [-0.4, -0.2) is 38.4 Å². The van der Waals surface area contributed by atoms with Gasteiger partial charge in [0.1, 0.15) is 0 Å². The molecular weight excluding hydrogens is 302 g/mol. The van der Waals surface area contributed by atoms with Crippen molar-refractivity contribution in [1.82, 2.24) is 4.31 Å². The van der Waals surface area contributed by atoms with E-state index in [1.165, 1.54) is 32.3 Å².